The molecule has 0 fully saturated rings. The highest BCUT2D eigenvalue weighted by atomic mass is 16.5. The number of nitrogens with zero attached hydrogens (tertiary/aromatic N) is 1. The number of rotatable bonds is 3. The lowest BCUT2D eigenvalue weighted by atomic mass is 9.84. The second-order valence-electron chi connectivity index (χ2n) is 5.85. The quantitative estimate of drug-likeness (QED) is 0.495. The summed E-state index contributed by atoms with van der Waals surface area (Å²) in [5, 5.41) is 0. The van der Waals surface area contributed by atoms with Crippen LogP contribution in [-0.2, 0) is 16.1 Å². The van der Waals surface area contributed by atoms with E-state index in [9.17, 15) is 9.59 Å². The molecular weight excluding hydrogens is 302 g/mol. The Bertz CT molecular complexity index is 797. The zero-order valence-corrected chi connectivity index (χ0v) is 13.6. The van der Waals surface area contributed by atoms with E-state index in [2.05, 4.69) is 18.7 Å². The van der Waals surface area contributed by atoms with Crippen LogP contribution in [0.3, 0.4) is 0 Å². The van der Waals surface area contributed by atoms with Gasteiger partial charge in [0.1, 0.15) is 5.75 Å². The lowest BCUT2D eigenvalue weighted by Crippen LogP contribution is -2.37. The topological polar surface area (TPSA) is 46.6 Å². The highest BCUT2D eigenvalue weighted by Crippen LogP contribution is 2.34. The first-order valence-corrected chi connectivity index (χ1v) is 7.86. The molecule has 0 N–H and O–H groups in total. The van der Waals surface area contributed by atoms with Crippen molar-refractivity contribution in [1.29, 1.82) is 0 Å². The Labute approximate surface area is 141 Å². The Hall–Kier alpha value is -2.88. The summed E-state index contributed by atoms with van der Waals surface area (Å²) in [6.45, 7) is 6.25. The van der Waals surface area contributed by atoms with Gasteiger partial charge in [-0.2, -0.15) is 0 Å². The summed E-state index contributed by atoms with van der Waals surface area (Å²) in [5.41, 5.74) is 3.38. The summed E-state index contributed by atoms with van der Waals surface area (Å²) in [6.07, 6.45) is 1.14. The van der Waals surface area contributed by atoms with Gasteiger partial charge in [-0.25, -0.2) is 4.79 Å². The molecule has 1 atom stereocenters. The predicted octanol–water partition coefficient (Wildman–Crippen LogP) is 3.27. The molecular formula is C20H19NO3. The maximum Gasteiger partial charge on any atom is 0.335 e. The van der Waals surface area contributed by atoms with Crippen molar-refractivity contribution in [3.05, 3.63) is 77.9 Å². The Kier molecular flexibility index (Phi) is 4.47. The van der Waals surface area contributed by atoms with Crippen LogP contribution < -0.4 is 4.74 Å². The van der Waals surface area contributed by atoms with Crippen LogP contribution in [0.1, 0.15) is 29.5 Å². The molecule has 1 aliphatic heterocycles. The third-order valence-electron chi connectivity index (χ3n) is 4.29. The fourth-order valence-electron chi connectivity index (χ4n) is 3.08. The largest absolute Gasteiger partial charge is 0.423 e. The first-order chi connectivity index (χ1) is 11.6. The van der Waals surface area contributed by atoms with Crippen molar-refractivity contribution in [2.75, 3.05) is 6.54 Å². The van der Waals surface area contributed by atoms with E-state index >= 15 is 0 Å². The third kappa shape index (κ3) is 3.23. The molecule has 4 nitrogen and oxygen atoms in total. The van der Waals surface area contributed by atoms with Crippen LogP contribution >= 0.6 is 0 Å². The standard InChI is InChI=1S/C20H19NO3/c1-3-20(23)24-17-9-6-8-15(11-17)19-13-21(14(2)22)12-16-7-4-5-10-18(16)19/h3-11,19H,1,12-13H2,2H3/t19-/m0/s1. The number of ether oxygens (including phenoxy) is 1. The van der Waals surface area contributed by atoms with Gasteiger partial charge >= 0.3 is 5.97 Å². The van der Waals surface area contributed by atoms with Gasteiger partial charge in [-0.15, -0.1) is 0 Å². The summed E-state index contributed by atoms with van der Waals surface area (Å²) in [5.74, 6) is 0.112. The summed E-state index contributed by atoms with van der Waals surface area (Å²) >= 11 is 0. The van der Waals surface area contributed by atoms with Crippen LogP contribution in [0.4, 0.5) is 0 Å². The minimum atomic E-state index is -0.485. The van der Waals surface area contributed by atoms with Gasteiger partial charge in [0.15, 0.2) is 0 Å². The number of esters is 1. The van der Waals surface area contributed by atoms with Crippen LogP contribution in [0.2, 0.25) is 0 Å². The molecule has 122 valence electrons. The van der Waals surface area contributed by atoms with Crippen LogP contribution in [0.25, 0.3) is 0 Å². The van der Waals surface area contributed by atoms with Gasteiger partial charge in [0, 0.05) is 32.0 Å². The molecule has 2 aromatic rings. The van der Waals surface area contributed by atoms with E-state index < -0.39 is 5.97 Å². The molecule has 1 heterocycles. The van der Waals surface area contributed by atoms with Crippen molar-refractivity contribution in [1.82, 2.24) is 4.90 Å². The van der Waals surface area contributed by atoms with E-state index in [0.717, 1.165) is 17.2 Å². The molecule has 0 saturated heterocycles. The molecule has 2 aromatic carbocycles. The van der Waals surface area contributed by atoms with Gasteiger partial charge in [-0.3, -0.25) is 4.79 Å². The van der Waals surface area contributed by atoms with Crippen molar-refractivity contribution >= 4 is 11.9 Å². The maximum atomic E-state index is 11.9. The number of benzene rings is 2. The van der Waals surface area contributed by atoms with Crippen molar-refractivity contribution in [3.8, 4) is 5.75 Å². The van der Waals surface area contributed by atoms with Crippen molar-refractivity contribution in [2.24, 2.45) is 0 Å². The van der Waals surface area contributed by atoms with E-state index in [4.69, 9.17) is 4.74 Å². The number of amides is 1. The Morgan fingerprint density at radius 2 is 2.00 bits per heavy atom. The maximum absolute atomic E-state index is 11.9. The van der Waals surface area contributed by atoms with Crippen LogP contribution in [0.15, 0.2) is 61.2 Å². The molecule has 1 amide bonds. The lowest BCUT2D eigenvalue weighted by molar-refractivity contribution is -0.130. The van der Waals surface area contributed by atoms with E-state index in [-0.39, 0.29) is 11.8 Å². The van der Waals surface area contributed by atoms with Gasteiger partial charge < -0.3 is 9.64 Å². The normalized spacial score (nSPS) is 16.2. The van der Waals surface area contributed by atoms with E-state index in [1.807, 2.05) is 35.2 Å². The van der Waals surface area contributed by atoms with Gasteiger partial charge in [-0.1, -0.05) is 43.0 Å². The molecule has 0 bridgehead atoms. The van der Waals surface area contributed by atoms with Crippen molar-refractivity contribution in [3.63, 3.8) is 0 Å². The molecule has 3 rings (SSSR count). The molecule has 24 heavy (non-hydrogen) atoms. The van der Waals surface area contributed by atoms with E-state index in [1.54, 1.807) is 13.0 Å². The Morgan fingerprint density at radius 1 is 1.21 bits per heavy atom. The number of fused-ring (bicyclic) bond motifs is 1. The first kappa shape index (κ1) is 16.0. The molecule has 0 aromatic heterocycles. The Balaban J connectivity index is 1.98. The van der Waals surface area contributed by atoms with Crippen LogP contribution in [0.5, 0.6) is 5.75 Å². The van der Waals surface area contributed by atoms with Gasteiger partial charge in [0.2, 0.25) is 5.91 Å². The van der Waals surface area contributed by atoms with Crippen LogP contribution in [0, 0.1) is 0 Å². The van der Waals surface area contributed by atoms with Crippen molar-refractivity contribution < 1.29 is 14.3 Å². The van der Waals surface area contributed by atoms with Gasteiger partial charge in [0.25, 0.3) is 0 Å². The second kappa shape index (κ2) is 6.71. The summed E-state index contributed by atoms with van der Waals surface area (Å²) in [4.78, 5) is 25.1. The molecule has 0 spiro atoms. The molecule has 0 aliphatic carbocycles. The van der Waals surface area contributed by atoms with Crippen molar-refractivity contribution in [2.45, 2.75) is 19.4 Å². The average Bonchev–Trinajstić information content (AvgIpc) is 2.60. The summed E-state index contributed by atoms with van der Waals surface area (Å²) < 4.78 is 5.22. The smallest absolute Gasteiger partial charge is 0.335 e. The zero-order valence-electron chi connectivity index (χ0n) is 13.6. The Morgan fingerprint density at radius 3 is 2.75 bits per heavy atom. The zero-order chi connectivity index (χ0) is 17.1. The number of hydrogen-bond acceptors (Lipinski definition) is 3. The third-order valence-corrected chi connectivity index (χ3v) is 4.29. The van der Waals surface area contributed by atoms with Gasteiger partial charge in [0.05, 0.1) is 0 Å². The van der Waals surface area contributed by atoms with Crippen LogP contribution in [-0.4, -0.2) is 23.3 Å². The summed E-state index contributed by atoms with van der Waals surface area (Å²) in [7, 11) is 0. The molecule has 1 aliphatic rings. The number of hydrogen-bond donors (Lipinski definition) is 0. The molecule has 0 radical (unpaired) electrons. The highest BCUT2D eigenvalue weighted by Gasteiger charge is 2.27. The minimum absolute atomic E-state index is 0.0567. The van der Waals surface area contributed by atoms with E-state index in [0.29, 0.717) is 18.8 Å². The minimum Gasteiger partial charge on any atom is -0.423 e. The lowest BCUT2D eigenvalue weighted by Gasteiger charge is -2.34. The predicted molar refractivity (Wildman–Crippen MR) is 91.7 cm³/mol. The highest BCUT2D eigenvalue weighted by molar-refractivity contribution is 5.83. The van der Waals surface area contributed by atoms with E-state index in [1.165, 1.54) is 5.56 Å². The average molecular weight is 321 g/mol. The first-order valence-electron chi connectivity index (χ1n) is 7.86. The van der Waals surface area contributed by atoms with Gasteiger partial charge in [-0.05, 0) is 28.8 Å². The summed E-state index contributed by atoms with van der Waals surface area (Å²) in [6, 6.07) is 15.6. The molecule has 0 unspecified atom stereocenters. The fraction of sp³-hybridized carbons (Fsp3) is 0.200. The number of carbonyl (C=O) groups excluding carboxylic acids is 2. The molecule has 0 saturated carbocycles. The monoisotopic (exact) mass is 321 g/mol. The SMILES string of the molecule is C=CC(=O)Oc1cccc([C@@H]2CN(C(C)=O)Cc3ccccc32)c1. The second-order valence-corrected chi connectivity index (χ2v) is 5.85. The molecule has 4 heteroatoms. The fourth-order valence-corrected chi connectivity index (χ4v) is 3.08. The number of carbonyl (C=O) groups is 2.